The van der Waals surface area contributed by atoms with Crippen LogP contribution >= 0.6 is 0 Å². The molecule has 2 fully saturated rings. The number of Topliss-reactive ketones (excluding diaryl/α,β-unsaturated/α-hetero) is 1. The molecule has 2 aromatic rings. The van der Waals surface area contributed by atoms with Crippen LogP contribution in [0.2, 0.25) is 0 Å². The summed E-state index contributed by atoms with van der Waals surface area (Å²) in [7, 11) is -3.10. The number of benzene rings is 2. The van der Waals surface area contributed by atoms with E-state index in [1.165, 1.54) is 0 Å². The molecule has 4 rings (SSSR count). The van der Waals surface area contributed by atoms with Crippen LogP contribution in [0.3, 0.4) is 0 Å². The van der Waals surface area contributed by atoms with Gasteiger partial charge in [0.25, 0.3) is 0 Å². The fraction of sp³-hybridized carbons (Fsp3) is 0.594. The fourth-order valence-corrected chi connectivity index (χ4v) is 7.94. The lowest BCUT2D eigenvalue weighted by Gasteiger charge is -2.27. The third-order valence-corrected chi connectivity index (χ3v) is 10.7. The topological polar surface area (TPSA) is 83.9 Å². The van der Waals surface area contributed by atoms with Crippen LogP contribution in [-0.2, 0) is 21.2 Å². The summed E-state index contributed by atoms with van der Waals surface area (Å²) in [5, 5.41) is 11.1. The van der Waals surface area contributed by atoms with Crippen molar-refractivity contribution in [3.05, 3.63) is 65.7 Å². The van der Waals surface area contributed by atoms with Crippen molar-refractivity contribution in [2.75, 3.05) is 25.4 Å². The Morgan fingerprint density at radius 2 is 1.73 bits per heavy atom. The number of rotatable bonds is 15. The Balaban J connectivity index is 1.30. The summed E-state index contributed by atoms with van der Waals surface area (Å²) in [6, 6.07) is 17.2. The summed E-state index contributed by atoms with van der Waals surface area (Å²) in [6.45, 7) is 1.82. The van der Waals surface area contributed by atoms with Gasteiger partial charge in [0.15, 0.2) is 9.84 Å². The molecule has 1 saturated heterocycles. The van der Waals surface area contributed by atoms with Crippen molar-refractivity contribution < 1.29 is 27.4 Å². The summed E-state index contributed by atoms with van der Waals surface area (Å²) < 4.78 is 45.0. The van der Waals surface area contributed by atoms with Gasteiger partial charge in [-0.2, -0.15) is 0 Å². The zero-order chi connectivity index (χ0) is 28.4. The number of hydrogen-bond donors (Lipinski definition) is 1. The maximum Gasteiger partial charge on any atom is 0.153 e. The molecule has 2 aromatic carbocycles. The highest BCUT2D eigenvalue weighted by molar-refractivity contribution is 7.92. The number of likely N-dealkylation sites (tertiary alicyclic amines) is 1. The van der Waals surface area contributed by atoms with Crippen molar-refractivity contribution in [3.8, 4) is 5.75 Å². The predicted molar refractivity (Wildman–Crippen MR) is 156 cm³/mol. The number of aliphatic hydroxyl groups excluding tert-OH is 1. The molecule has 1 N–H and O–H groups in total. The van der Waals surface area contributed by atoms with Crippen molar-refractivity contribution in [1.82, 2.24) is 4.90 Å². The molecular weight excluding hydrogens is 529 g/mol. The van der Waals surface area contributed by atoms with E-state index in [0.717, 1.165) is 37.7 Å². The van der Waals surface area contributed by atoms with E-state index in [9.17, 15) is 22.7 Å². The first-order chi connectivity index (χ1) is 19.3. The minimum Gasteiger partial charge on any atom is -0.489 e. The first-order valence-corrected chi connectivity index (χ1v) is 16.6. The van der Waals surface area contributed by atoms with Crippen LogP contribution in [0.4, 0.5) is 4.39 Å². The number of carbonyl (C=O) groups is 1. The zero-order valence-electron chi connectivity index (χ0n) is 23.4. The fourth-order valence-electron chi connectivity index (χ4n) is 5.94. The Bertz CT molecular complexity index is 1150. The van der Waals surface area contributed by atoms with E-state index in [-0.39, 0.29) is 29.1 Å². The highest BCUT2D eigenvalue weighted by Crippen LogP contribution is 2.30. The molecule has 6 nitrogen and oxygen atoms in total. The van der Waals surface area contributed by atoms with E-state index < -0.39 is 22.1 Å². The van der Waals surface area contributed by atoms with Crippen LogP contribution in [0.15, 0.2) is 54.6 Å². The molecule has 1 aliphatic carbocycles. The highest BCUT2D eigenvalue weighted by Gasteiger charge is 2.30. The number of sulfone groups is 1. The number of unbranched alkanes of at least 4 members (excludes halogenated alkanes) is 1. The summed E-state index contributed by atoms with van der Waals surface area (Å²) in [6.07, 6.45) is 4.80. The van der Waals surface area contributed by atoms with Gasteiger partial charge in [-0.05, 0) is 55.4 Å². The summed E-state index contributed by atoms with van der Waals surface area (Å²) in [5.41, 5.74) is 1.76. The van der Waals surface area contributed by atoms with Gasteiger partial charge in [-0.25, -0.2) is 12.8 Å². The van der Waals surface area contributed by atoms with Crippen LogP contribution in [0.25, 0.3) is 0 Å². The van der Waals surface area contributed by atoms with Crippen LogP contribution in [0.5, 0.6) is 5.75 Å². The minimum atomic E-state index is -3.10. The Morgan fingerprint density at radius 3 is 2.40 bits per heavy atom. The van der Waals surface area contributed by atoms with E-state index in [0.29, 0.717) is 63.2 Å². The molecule has 1 unspecified atom stereocenters. The van der Waals surface area contributed by atoms with Crippen LogP contribution < -0.4 is 4.74 Å². The van der Waals surface area contributed by atoms with Gasteiger partial charge >= 0.3 is 0 Å². The maximum atomic E-state index is 13.9. The lowest BCUT2D eigenvalue weighted by Crippen LogP contribution is -2.32. The Morgan fingerprint density at radius 1 is 1.00 bits per heavy atom. The molecule has 40 heavy (non-hydrogen) atoms. The Kier molecular flexibility index (Phi) is 11.6. The molecule has 220 valence electrons. The lowest BCUT2D eigenvalue weighted by atomic mass is 9.89. The molecule has 3 atom stereocenters. The zero-order valence-corrected chi connectivity index (χ0v) is 24.2. The third kappa shape index (κ3) is 9.38. The molecule has 0 amide bonds. The summed E-state index contributed by atoms with van der Waals surface area (Å²) >= 11 is 0. The van der Waals surface area contributed by atoms with Crippen LogP contribution in [-0.4, -0.2) is 61.0 Å². The van der Waals surface area contributed by atoms with Gasteiger partial charge < -0.3 is 9.84 Å². The van der Waals surface area contributed by atoms with E-state index in [1.54, 1.807) is 0 Å². The molecule has 2 aliphatic rings. The molecule has 0 radical (unpaired) electrons. The number of hydrogen-bond acceptors (Lipinski definition) is 6. The van der Waals surface area contributed by atoms with Gasteiger partial charge in [0, 0.05) is 38.4 Å². The van der Waals surface area contributed by atoms with Crippen molar-refractivity contribution in [2.45, 2.75) is 88.3 Å². The Labute approximate surface area is 238 Å². The average molecular weight is 574 g/mol. The minimum absolute atomic E-state index is 0.0120. The van der Waals surface area contributed by atoms with Crippen LogP contribution in [0.1, 0.15) is 81.4 Å². The molecule has 0 spiro atoms. The largest absolute Gasteiger partial charge is 0.489 e. The number of nitrogens with zero attached hydrogens (tertiary/aromatic N) is 1. The number of ether oxygens (including phenoxy) is 1. The Hall–Kier alpha value is -2.29. The molecule has 1 saturated carbocycles. The first-order valence-electron chi connectivity index (χ1n) is 14.8. The van der Waals surface area contributed by atoms with Crippen molar-refractivity contribution >= 4 is 15.6 Å². The van der Waals surface area contributed by atoms with Gasteiger partial charge in [0.1, 0.15) is 24.3 Å². The molecular formula is C32H44FNO5S. The molecule has 1 heterocycles. The van der Waals surface area contributed by atoms with E-state index in [2.05, 4.69) is 0 Å². The monoisotopic (exact) mass is 573 g/mol. The first kappa shape index (κ1) is 30.7. The lowest BCUT2D eigenvalue weighted by molar-refractivity contribution is -0.121. The molecule has 8 heteroatoms. The molecule has 1 aliphatic heterocycles. The third-order valence-electron chi connectivity index (χ3n) is 8.31. The normalized spacial score (nSPS) is 20.3. The number of aliphatic hydroxyl groups is 1. The average Bonchev–Trinajstić information content (AvgIpc) is 3.39. The van der Waals surface area contributed by atoms with Gasteiger partial charge in [-0.1, -0.05) is 61.7 Å². The van der Waals surface area contributed by atoms with Crippen molar-refractivity contribution in [1.29, 1.82) is 0 Å². The molecule has 0 bridgehead atoms. The van der Waals surface area contributed by atoms with Gasteiger partial charge in [0.05, 0.1) is 17.1 Å². The van der Waals surface area contributed by atoms with E-state index >= 15 is 0 Å². The van der Waals surface area contributed by atoms with Gasteiger partial charge in [0.2, 0.25) is 0 Å². The van der Waals surface area contributed by atoms with Crippen molar-refractivity contribution in [3.63, 3.8) is 0 Å². The van der Waals surface area contributed by atoms with E-state index in [4.69, 9.17) is 4.74 Å². The predicted octanol–water partition coefficient (Wildman–Crippen LogP) is 5.84. The van der Waals surface area contributed by atoms with Gasteiger partial charge in [-0.15, -0.1) is 0 Å². The smallest absolute Gasteiger partial charge is 0.153 e. The highest BCUT2D eigenvalue weighted by atomic mass is 32.2. The van der Waals surface area contributed by atoms with Crippen molar-refractivity contribution in [2.24, 2.45) is 5.92 Å². The summed E-state index contributed by atoms with van der Waals surface area (Å²) in [5.74, 6) is 0.467. The molecule has 0 aromatic heterocycles. The second kappa shape index (κ2) is 15.1. The van der Waals surface area contributed by atoms with Gasteiger partial charge in [-0.3, -0.25) is 9.69 Å². The maximum absolute atomic E-state index is 13.9. The standard InChI is InChI=1S/C32H44FNO5S/c33-28-18-19-34(23-28)22-27(21-29(35)11-7-8-20-40(37,38)31-12-5-2-6-13-31)32(36)26-14-16-30(17-15-26)39-24-25-9-3-1-4-10-25/h1,3-4,9-10,14-17,27-28,31-32,36H,2,5-8,11-13,18-24H2/t27-,28-,32?/m1/s1. The summed E-state index contributed by atoms with van der Waals surface area (Å²) in [4.78, 5) is 14.9. The number of halogens is 1. The quantitative estimate of drug-likeness (QED) is 0.270. The number of alkyl halides is 1. The number of carbonyl (C=O) groups excluding carboxylic acids is 1. The SMILES string of the molecule is O=C(CCCCS(=O)(=O)C1CCCCC1)C[C@H](CN1CC[C@@H](F)C1)C(O)c1ccc(OCc2ccccc2)cc1. The number of ketones is 1. The van der Waals surface area contributed by atoms with Crippen LogP contribution in [0, 0.1) is 5.92 Å². The van der Waals surface area contributed by atoms with E-state index in [1.807, 2.05) is 59.5 Å². The second-order valence-corrected chi connectivity index (χ2v) is 13.9. The second-order valence-electron chi connectivity index (χ2n) is 11.5.